The summed E-state index contributed by atoms with van der Waals surface area (Å²) < 4.78 is 16.9. The van der Waals surface area contributed by atoms with Gasteiger partial charge < -0.3 is 19.1 Å². The van der Waals surface area contributed by atoms with Crippen molar-refractivity contribution in [2.75, 3.05) is 19.8 Å². The van der Waals surface area contributed by atoms with E-state index in [9.17, 15) is 4.79 Å². The summed E-state index contributed by atoms with van der Waals surface area (Å²) in [5.41, 5.74) is 1.37. The van der Waals surface area contributed by atoms with Crippen LogP contribution in [0.5, 0.6) is 17.2 Å². The Morgan fingerprint density at radius 3 is 2.70 bits per heavy atom. The fraction of sp³-hybridized carbons (Fsp3) is 0.333. The first-order valence-corrected chi connectivity index (χ1v) is 8.95. The van der Waals surface area contributed by atoms with Crippen LogP contribution in [-0.2, 0) is 11.3 Å². The first-order valence-electron chi connectivity index (χ1n) is 8.95. The molecule has 140 valence electrons. The van der Waals surface area contributed by atoms with E-state index >= 15 is 0 Å². The largest absolute Gasteiger partial charge is 0.486 e. The highest BCUT2D eigenvalue weighted by atomic mass is 16.6. The van der Waals surface area contributed by atoms with Crippen LogP contribution in [0.1, 0.15) is 25.0 Å². The molecule has 0 fully saturated rings. The lowest BCUT2D eigenvalue weighted by molar-refractivity contribution is -0.138. The lowest BCUT2D eigenvalue weighted by atomic mass is 10.1. The second-order valence-corrected chi connectivity index (χ2v) is 6.20. The molecule has 6 heteroatoms. The van der Waals surface area contributed by atoms with Crippen molar-refractivity contribution in [1.82, 2.24) is 4.90 Å². The third-order valence-corrected chi connectivity index (χ3v) is 4.33. The van der Waals surface area contributed by atoms with Crippen LogP contribution in [0.2, 0.25) is 0 Å². The van der Waals surface area contributed by atoms with E-state index < -0.39 is 6.10 Å². The van der Waals surface area contributed by atoms with Crippen molar-refractivity contribution in [3.63, 3.8) is 0 Å². The molecule has 0 saturated carbocycles. The number of nitrogens with zero attached hydrogens (tertiary/aromatic N) is 2. The molecular formula is C21H22N2O4. The molecule has 2 aromatic carbocycles. The van der Waals surface area contributed by atoms with Gasteiger partial charge in [0, 0.05) is 13.1 Å². The van der Waals surface area contributed by atoms with Gasteiger partial charge in [-0.15, -0.1) is 0 Å². The number of likely N-dealkylation sites (N-methyl/N-ethyl adjacent to an activating group) is 1. The summed E-state index contributed by atoms with van der Waals surface area (Å²) in [5.74, 6) is 1.70. The van der Waals surface area contributed by atoms with E-state index in [1.165, 1.54) is 0 Å². The topological polar surface area (TPSA) is 71.8 Å². The maximum atomic E-state index is 12.8. The van der Waals surface area contributed by atoms with E-state index in [2.05, 4.69) is 6.07 Å². The van der Waals surface area contributed by atoms with Crippen molar-refractivity contribution in [2.24, 2.45) is 0 Å². The SMILES string of the molecule is CCN(Cc1ccc2c(c1)OCCO2)C(=O)C(C)Oc1ccccc1C#N. The molecule has 0 aromatic heterocycles. The number of nitriles is 1. The maximum Gasteiger partial charge on any atom is 0.263 e. The van der Waals surface area contributed by atoms with Gasteiger partial charge in [-0.05, 0) is 43.7 Å². The number of para-hydroxylation sites is 1. The predicted molar refractivity (Wildman–Crippen MR) is 99.8 cm³/mol. The highest BCUT2D eigenvalue weighted by Crippen LogP contribution is 2.31. The number of benzene rings is 2. The number of amides is 1. The van der Waals surface area contributed by atoms with Gasteiger partial charge in [0.15, 0.2) is 17.6 Å². The maximum absolute atomic E-state index is 12.8. The van der Waals surface area contributed by atoms with Gasteiger partial charge in [-0.1, -0.05) is 18.2 Å². The summed E-state index contributed by atoms with van der Waals surface area (Å²) in [6.07, 6.45) is -0.698. The molecule has 1 amide bonds. The molecule has 2 aromatic rings. The summed E-state index contributed by atoms with van der Waals surface area (Å²) in [6, 6.07) is 14.7. The van der Waals surface area contributed by atoms with E-state index in [1.807, 2.05) is 25.1 Å². The Kier molecular flexibility index (Phi) is 5.82. The van der Waals surface area contributed by atoms with Crippen molar-refractivity contribution in [3.8, 4) is 23.3 Å². The first kappa shape index (κ1) is 18.6. The molecule has 0 saturated heterocycles. The number of fused-ring (bicyclic) bond motifs is 1. The first-order chi connectivity index (χ1) is 13.1. The number of hydrogen-bond acceptors (Lipinski definition) is 5. The summed E-state index contributed by atoms with van der Waals surface area (Å²) in [4.78, 5) is 14.5. The second kappa shape index (κ2) is 8.45. The van der Waals surface area contributed by atoms with Gasteiger partial charge in [0.25, 0.3) is 5.91 Å². The lowest BCUT2D eigenvalue weighted by Gasteiger charge is -2.26. The Bertz CT molecular complexity index is 860. The van der Waals surface area contributed by atoms with Crippen molar-refractivity contribution in [2.45, 2.75) is 26.5 Å². The number of carbonyl (C=O) groups is 1. The predicted octanol–water partition coefficient (Wildman–Crippen LogP) is 3.15. The smallest absolute Gasteiger partial charge is 0.263 e. The molecule has 1 aliphatic rings. The van der Waals surface area contributed by atoms with Crippen LogP contribution >= 0.6 is 0 Å². The molecule has 1 unspecified atom stereocenters. The lowest BCUT2D eigenvalue weighted by Crippen LogP contribution is -2.40. The van der Waals surface area contributed by atoms with Crippen molar-refractivity contribution < 1.29 is 19.0 Å². The molecule has 0 spiro atoms. The average Bonchev–Trinajstić information content (AvgIpc) is 2.71. The molecule has 27 heavy (non-hydrogen) atoms. The molecular weight excluding hydrogens is 344 g/mol. The highest BCUT2D eigenvalue weighted by molar-refractivity contribution is 5.81. The summed E-state index contributed by atoms with van der Waals surface area (Å²) in [6.45, 7) is 5.68. The van der Waals surface area contributed by atoms with Gasteiger partial charge in [-0.3, -0.25) is 4.79 Å². The van der Waals surface area contributed by atoms with E-state index in [4.69, 9.17) is 19.5 Å². The Hall–Kier alpha value is -3.20. The molecule has 0 aliphatic carbocycles. The van der Waals surface area contributed by atoms with E-state index in [0.29, 0.717) is 43.4 Å². The zero-order valence-electron chi connectivity index (χ0n) is 15.5. The van der Waals surface area contributed by atoms with Crippen LogP contribution in [0, 0.1) is 11.3 Å². The van der Waals surface area contributed by atoms with Crippen LogP contribution in [-0.4, -0.2) is 36.7 Å². The molecule has 1 aliphatic heterocycles. The van der Waals surface area contributed by atoms with Gasteiger partial charge in [-0.25, -0.2) is 0 Å². The zero-order valence-corrected chi connectivity index (χ0v) is 15.5. The van der Waals surface area contributed by atoms with Crippen LogP contribution in [0.4, 0.5) is 0 Å². The molecule has 1 atom stereocenters. The van der Waals surface area contributed by atoms with Crippen LogP contribution in [0.3, 0.4) is 0 Å². The molecule has 3 rings (SSSR count). The number of ether oxygens (including phenoxy) is 3. The average molecular weight is 366 g/mol. The number of rotatable bonds is 6. The van der Waals surface area contributed by atoms with Crippen LogP contribution < -0.4 is 14.2 Å². The minimum Gasteiger partial charge on any atom is -0.486 e. The van der Waals surface area contributed by atoms with Crippen molar-refractivity contribution >= 4 is 5.91 Å². The number of carbonyl (C=O) groups excluding carboxylic acids is 1. The van der Waals surface area contributed by atoms with Crippen LogP contribution in [0.15, 0.2) is 42.5 Å². The van der Waals surface area contributed by atoms with Gasteiger partial charge in [-0.2, -0.15) is 5.26 Å². The van der Waals surface area contributed by atoms with Crippen molar-refractivity contribution in [3.05, 3.63) is 53.6 Å². The van der Waals surface area contributed by atoms with E-state index in [0.717, 1.165) is 11.3 Å². The third-order valence-electron chi connectivity index (χ3n) is 4.33. The van der Waals surface area contributed by atoms with E-state index in [-0.39, 0.29) is 5.91 Å². The monoisotopic (exact) mass is 366 g/mol. The fourth-order valence-electron chi connectivity index (χ4n) is 2.91. The highest BCUT2D eigenvalue weighted by Gasteiger charge is 2.23. The van der Waals surface area contributed by atoms with Gasteiger partial charge in [0.05, 0.1) is 5.56 Å². The second-order valence-electron chi connectivity index (χ2n) is 6.20. The Balaban J connectivity index is 1.69. The van der Waals surface area contributed by atoms with Gasteiger partial charge in [0.2, 0.25) is 0 Å². The molecule has 0 bridgehead atoms. The third kappa shape index (κ3) is 4.32. The fourth-order valence-corrected chi connectivity index (χ4v) is 2.91. The Labute approximate surface area is 158 Å². The Morgan fingerprint density at radius 1 is 1.22 bits per heavy atom. The Morgan fingerprint density at radius 2 is 1.96 bits per heavy atom. The molecule has 6 nitrogen and oxygen atoms in total. The van der Waals surface area contributed by atoms with Gasteiger partial charge >= 0.3 is 0 Å². The van der Waals surface area contributed by atoms with Crippen LogP contribution in [0.25, 0.3) is 0 Å². The number of hydrogen-bond donors (Lipinski definition) is 0. The summed E-state index contributed by atoms with van der Waals surface area (Å²) >= 11 is 0. The quantitative estimate of drug-likeness (QED) is 0.785. The molecule has 0 radical (unpaired) electrons. The summed E-state index contributed by atoms with van der Waals surface area (Å²) in [5, 5.41) is 9.17. The van der Waals surface area contributed by atoms with Crippen molar-refractivity contribution in [1.29, 1.82) is 5.26 Å². The van der Waals surface area contributed by atoms with E-state index in [1.54, 1.807) is 36.1 Å². The molecule has 0 N–H and O–H groups in total. The minimum atomic E-state index is -0.698. The normalized spacial score (nSPS) is 13.4. The molecule has 1 heterocycles. The summed E-state index contributed by atoms with van der Waals surface area (Å²) in [7, 11) is 0. The van der Waals surface area contributed by atoms with Gasteiger partial charge in [0.1, 0.15) is 25.0 Å². The zero-order chi connectivity index (χ0) is 19.2. The standard InChI is InChI=1S/C21H22N2O4/c1-3-23(14-16-8-9-19-20(12-16)26-11-10-25-19)21(24)15(2)27-18-7-5-4-6-17(18)13-22/h4-9,12,15H,3,10-11,14H2,1-2H3. The minimum absolute atomic E-state index is 0.139.